The molecule has 0 saturated carbocycles. The van der Waals surface area contributed by atoms with Crippen LogP contribution in [0.4, 0.5) is 5.69 Å². The average molecular weight is 271 g/mol. The number of fused-ring (bicyclic) bond motifs is 1. The van der Waals surface area contributed by atoms with Crippen molar-refractivity contribution < 1.29 is 4.74 Å². The van der Waals surface area contributed by atoms with Crippen molar-refractivity contribution in [2.45, 2.75) is 25.9 Å². The maximum Gasteiger partial charge on any atom is 0.0726 e. The van der Waals surface area contributed by atoms with Gasteiger partial charge in [0.25, 0.3) is 0 Å². The van der Waals surface area contributed by atoms with Gasteiger partial charge in [-0.25, -0.2) is 0 Å². The molecule has 4 heteroatoms. The number of nitrogen functional groups attached to an aromatic ring is 1. The van der Waals surface area contributed by atoms with Gasteiger partial charge in [0, 0.05) is 30.3 Å². The Morgan fingerprint density at radius 2 is 2.30 bits per heavy atom. The Balaban J connectivity index is 1.71. The van der Waals surface area contributed by atoms with Crippen molar-refractivity contribution in [1.82, 2.24) is 10.3 Å². The largest absolute Gasteiger partial charge is 0.398 e. The molecule has 20 heavy (non-hydrogen) atoms. The van der Waals surface area contributed by atoms with Crippen LogP contribution >= 0.6 is 0 Å². The molecular formula is C16H21N3O. The minimum Gasteiger partial charge on any atom is -0.398 e. The maximum absolute atomic E-state index is 6.10. The summed E-state index contributed by atoms with van der Waals surface area (Å²) in [5.74, 6) is 0.604. The van der Waals surface area contributed by atoms with Crippen LogP contribution in [0.2, 0.25) is 0 Å². The highest BCUT2D eigenvalue weighted by molar-refractivity contribution is 5.90. The summed E-state index contributed by atoms with van der Waals surface area (Å²) in [5.41, 5.74) is 8.85. The zero-order valence-electron chi connectivity index (χ0n) is 11.8. The Kier molecular flexibility index (Phi) is 3.85. The van der Waals surface area contributed by atoms with Crippen molar-refractivity contribution in [3.05, 3.63) is 36.0 Å². The number of anilines is 1. The van der Waals surface area contributed by atoms with E-state index in [1.807, 2.05) is 30.3 Å². The zero-order valence-corrected chi connectivity index (χ0v) is 11.8. The van der Waals surface area contributed by atoms with Gasteiger partial charge >= 0.3 is 0 Å². The molecule has 2 atom stereocenters. The minimum atomic E-state index is 0.437. The molecule has 1 aromatic carbocycles. The summed E-state index contributed by atoms with van der Waals surface area (Å²) in [6.07, 6.45) is 1.14. The van der Waals surface area contributed by atoms with Gasteiger partial charge in [0.05, 0.1) is 17.8 Å². The highest BCUT2D eigenvalue weighted by Crippen LogP contribution is 2.21. The number of nitrogens with one attached hydrogen (secondary N) is 1. The Bertz CT molecular complexity index is 593. The van der Waals surface area contributed by atoms with Gasteiger partial charge in [-0.1, -0.05) is 18.2 Å². The second-order valence-electron chi connectivity index (χ2n) is 5.51. The fourth-order valence-corrected chi connectivity index (χ4v) is 2.73. The van der Waals surface area contributed by atoms with Gasteiger partial charge in [-0.15, -0.1) is 0 Å². The lowest BCUT2D eigenvalue weighted by atomic mass is 10.0. The number of para-hydroxylation sites is 1. The first kappa shape index (κ1) is 13.3. The normalized spacial score (nSPS) is 20.4. The van der Waals surface area contributed by atoms with Crippen molar-refractivity contribution in [3.63, 3.8) is 0 Å². The summed E-state index contributed by atoms with van der Waals surface area (Å²) in [7, 11) is 0. The number of rotatable bonds is 4. The fraction of sp³-hybridized carbons (Fsp3) is 0.438. The van der Waals surface area contributed by atoms with E-state index in [2.05, 4.69) is 17.2 Å². The van der Waals surface area contributed by atoms with E-state index in [-0.39, 0.29) is 0 Å². The van der Waals surface area contributed by atoms with Crippen LogP contribution in [0.15, 0.2) is 30.3 Å². The van der Waals surface area contributed by atoms with Crippen LogP contribution in [0, 0.1) is 5.92 Å². The van der Waals surface area contributed by atoms with Crippen LogP contribution in [0.3, 0.4) is 0 Å². The van der Waals surface area contributed by atoms with E-state index < -0.39 is 0 Å². The predicted molar refractivity (Wildman–Crippen MR) is 81.4 cm³/mol. The van der Waals surface area contributed by atoms with E-state index in [0.29, 0.717) is 12.0 Å². The molecule has 0 radical (unpaired) electrons. The molecule has 1 aromatic heterocycles. The molecule has 1 aliphatic heterocycles. The third-order valence-electron chi connectivity index (χ3n) is 4.08. The van der Waals surface area contributed by atoms with Gasteiger partial charge in [-0.3, -0.25) is 4.98 Å². The molecule has 2 heterocycles. The Hall–Kier alpha value is -1.65. The van der Waals surface area contributed by atoms with Gasteiger partial charge < -0.3 is 15.8 Å². The monoisotopic (exact) mass is 271 g/mol. The van der Waals surface area contributed by atoms with E-state index in [0.717, 1.165) is 48.5 Å². The lowest BCUT2D eigenvalue weighted by Crippen LogP contribution is -2.33. The highest BCUT2D eigenvalue weighted by atomic mass is 16.5. The number of benzene rings is 1. The second kappa shape index (κ2) is 5.77. The summed E-state index contributed by atoms with van der Waals surface area (Å²) in [5, 5.41) is 4.56. The standard InChI is InChI=1S/C16H21N3O/c1-11(12-6-7-20-10-12)18-9-13-8-15(17)14-4-2-3-5-16(14)19-13/h2-5,8,11-12,18H,6-7,9-10H2,1H3,(H2,17,19). The second-order valence-corrected chi connectivity index (χ2v) is 5.51. The van der Waals surface area contributed by atoms with Crippen molar-refractivity contribution in [1.29, 1.82) is 0 Å². The first-order valence-corrected chi connectivity index (χ1v) is 7.19. The molecule has 106 valence electrons. The molecule has 2 unspecified atom stereocenters. The van der Waals surface area contributed by atoms with Gasteiger partial charge in [0.15, 0.2) is 0 Å². The van der Waals surface area contributed by atoms with Crippen molar-refractivity contribution in [2.24, 2.45) is 5.92 Å². The summed E-state index contributed by atoms with van der Waals surface area (Å²) in [6.45, 7) is 4.70. The third-order valence-corrected chi connectivity index (χ3v) is 4.08. The van der Waals surface area contributed by atoms with Crippen LogP contribution in [0.25, 0.3) is 10.9 Å². The Labute approximate surface area is 119 Å². The Morgan fingerprint density at radius 3 is 3.10 bits per heavy atom. The van der Waals surface area contributed by atoms with Crippen molar-refractivity contribution >= 4 is 16.6 Å². The Morgan fingerprint density at radius 1 is 1.45 bits per heavy atom. The average Bonchev–Trinajstić information content (AvgIpc) is 2.99. The zero-order chi connectivity index (χ0) is 13.9. The molecule has 0 amide bonds. The predicted octanol–water partition coefficient (Wildman–Crippen LogP) is 2.33. The van der Waals surface area contributed by atoms with Crippen LogP contribution in [0.1, 0.15) is 19.0 Å². The topological polar surface area (TPSA) is 60.2 Å². The summed E-state index contributed by atoms with van der Waals surface area (Å²) in [6, 6.07) is 10.4. The van der Waals surface area contributed by atoms with E-state index in [1.54, 1.807) is 0 Å². The van der Waals surface area contributed by atoms with E-state index in [1.165, 1.54) is 0 Å². The van der Waals surface area contributed by atoms with Crippen LogP contribution in [0.5, 0.6) is 0 Å². The quantitative estimate of drug-likeness (QED) is 0.896. The summed E-state index contributed by atoms with van der Waals surface area (Å²) < 4.78 is 5.43. The molecule has 1 aliphatic rings. The van der Waals surface area contributed by atoms with Crippen LogP contribution < -0.4 is 11.1 Å². The molecule has 0 bridgehead atoms. The number of ether oxygens (including phenoxy) is 1. The van der Waals surface area contributed by atoms with Crippen molar-refractivity contribution in [3.8, 4) is 0 Å². The molecule has 0 spiro atoms. The van der Waals surface area contributed by atoms with Crippen molar-refractivity contribution in [2.75, 3.05) is 18.9 Å². The summed E-state index contributed by atoms with van der Waals surface area (Å²) >= 11 is 0. The third kappa shape index (κ3) is 2.76. The molecule has 1 fully saturated rings. The number of aromatic nitrogens is 1. The molecule has 2 aromatic rings. The molecule has 3 N–H and O–H groups in total. The van der Waals surface area contributed by atoms with Gasteiger partial charge in [0.2, 0.25) is 0 Å². The lowest BCUT2D eigenvalue weighted by Gasteiger charge is -2.19. The van der Waals surface area contributed by atoms with E-state index in [4.69, 9.17) is 10.5 Å². The van der Waals surface area contributed by atoms with Crippen LogP contribution in [-0.4, -0.2) is 24.2 Å². The smallest absolute Gasteiger partial charge is 0.0726 e. The first-order valence-electron chi connectivity index (χ1n) is 7.19. The SMILES string of the molecule is CC(NCc1cc(N)c2ccccc2n1)C1CCOC1. The van der Waals surface area contributed by atoms with E-state index in [9.17, 15) is 0 Å². The number of hydrogen-bond acceptors (Lipinski definition) is 4. The van der Waals surface area contributed by atoms with Crippen LogP contribution in [-0.2, 0) is 11.3 Å². The molecule has 3 rings (SSSR count). The molecular weight excluding hydrogens is 250 g/mol. The number of nitrogens with two attached hydrogens (primary N) is 1. The first-order chi connectivity index (χ1) is 9.74. The maximum atomic E-state index is 6.10. The van der Waals surface area contributed by atoms with E-state index >= 15 is 0 Å². The number of nitrogens with zero attached hydrogens (tertiary/aromatic N) is 1. The molecule has 1 saturated heterocycles. The molecule has 0 aliphatic carbocycles. The van der Waals surface area contributed by atoms with Gasteiger partial charge in [0.1, 0.15) is 0 Å². The lowest BCUT2D eigenvalue weighted by molar-refractivity contribution is 0.178. The number of pyridine rings is 1. The van der Waals surface area contributed by atoms with Gasteiger partial charge in [-0.2, -0.15) is 0 Å². The highest BCUT2D eigenvalue weighted by Gasteiger charge is 2.21. The minimum absolute atomic E-state index is 0.437. The van der Waals surface area contributed by atoms with Gasteiger partial charge in [-0.05, 0) is 31.4 Å². The fourth-order valence-electron chi connectivity index (χ4n) is 2.73. The number of hydrogen-bond donors (Lipinski definition) is 2. The summed E-state index contributed by atoms with van der Waals surface area (Å²) in [4.78, 5) is 4.66. The molecule has 4 nitrogen and oxygen atoms in total.